The van der Waals surface area contributed by atoms with Crippen LogP contribution < -0.4 is 5.73 Å². The Hall–Kier alpha value is 0.230. The lowest BCUT2D eigenvalue weighted by atomic mass is 10.0. The van der Waals surface area contributed by atoms with Gasteiger partial charge in [-0.1, -0.05) is 0 Å². The van der Waals surface area contributed by atoms with E-state index in [-0.39, 0.29) is 0 Å². The molecule has 0 spiro atoms. The van der Waals surface area contributed by atoms with Crippen LogP contribution >= 0.6 is 11.8 Å². The van der Waals surface area contributed by atoms with Crippen molar-refractivity contribution in [3.05, 3.63) is 0 Å². The highest BCUT2D eigenvalue weighted by molar-refractivity contribution is 7.98. The number of likely N-dealkylation sites (tertiary alicyclic amines) is 1. The Bertz CT molecular complexity index is 181. The predicted octanol–water partition coefficient (Wildman–Crippen LogP) is 1.09. The van der Waals surface area contributed by atoms with Crippen LogP contribution in [0.15, 0.2) is 0 Å². The zero-order chi connectivity index (χ0) is 12.0. The highest BCUT2D eigenvalue weighted by atomic mass is 32.2. The zero-order valence-electron chi connectivity index (χ0n) is 11.0. The second-order valence-corrected chi connectivity index (χ2v) is 6.00. The molecule has 0 bridgehead atoms. The van der Waals surface area contributed by atoms with E-state index in [2.05, 4.69) is 30.2 Å². The molecule has 1 aliphatic heterocycles. The lowest BCUT2D eigenvalue weighted by molar-refractivity contribution is 0.138. The topological polar surface area (TPSA) is 32.5 Å². The number of piperidine rings is 1. The fraction of sp³-hybridized carbons (Fsp3) is 1.00. The minimum absolute atomic E-state index is 0.345. The third-order valence-corrected chi connectivity index (χ3v) is 4.17. The summed E-state index contributed by atoms with van der Waals surface area (Å²) in [5.41, 5.74) is 6.13. The van der Waals surface area contributed by atoms with Gasteiger partial charge in [-0.15, -0.1) is 0 Å². The minimum Gasteiger partial charge on any atom is -0.327 e. The normalized spacial score (nSPS) is 21.6. The molecule has 0 saturated carbocycles. The van der Waals surface area contributed by atoms with Crippen molar-refractivity contribution in [2.75, 3.05) is 45.7 Å². The third-order valence-electron chi connectivity index (χ3n) is 3.53. The Morgan fingerprint density at radius 3 is 2.62 bits per heavy atom. The number of hydrogen-bond acceptors (Lipinski definition) is 4. The lowest BCUT2D eigenvalue weighted by Crippen LogP contribution is -2.46. The van der Waals surface area contributed by atoms with Gasteiger partial charge in [0.25, 0.3) is 0 Å². The van der Waals surface area contributed by atoms with Crippen molar-refractivity contribution < 1.29 is 0 Å². The molecule has 1 rings (SSSR count). The van der Waals surface area contributed by atoms with Gasteiger partial charge < -0.3 is 15.5 Å². The molecule has 0 radical (unpaired) electrons. The highest BCUT2D eigenvalue weighted by Gasteiger charge is 2.21. The van der Waals surface area contributed by atoms with Crippen LogP contribution in [-0.4, -0.2) is 67.6 Å². The largest absolute Gasteiger partial charge is 0.327 e. The van der Waals surface area contributed by atoms with E-state index in [1.807, 2.05) is 11.8 Å². The Labute approximate surface area is 105 Å². The summed E-state index contributed by atoms with van der Waals surface area (Å²) >= 11 is 1.89. The van der Waals surface area contributed by atoms with Crippen molar-refractivity contribution in [2.24, 2.45) is 5.73 Å². The van der Waals surface area contributed by atoms with Gasteiger partial charge in [0.15, 0.2) is 0 Å². The number of nitrogens with two attached hydrogens (primary N) is 1. The Morgan fingerprint density at radius 2 is 2.06 bits per heavy atom. The molecule has 0 aromatic carbocycles. The molecule has 1 atom stereocenters. The number of rotatable bonds is 6. The van der Waals surface area contributed by atoms with Crippen LogP contribution in [0, 0.1) is 0 Å². The van der Waals surface area contributed by atoms with Crippen molar-refractivity contribution >= 4 is 11.8 Å². The predicted molar refractivity (Wildman–Crippen MR) is 74.1 cm³/mol. The summed E-state index contributed by atoms with van der Waals surface area (Å²) in [6.07, 6.45) is 5.87. The molecule has 1 aliphatic rings. The maximum Gasteiger partial charge on any atom is 0.0175 e. The van der Waals surface area contributed by atoms with Crippen LogP contribution in [-0.2, 0) is 0 Å². The molecule has 1 fully saturated rings. The Morgan fingerprint density at radius 1 is 1.44 bits per heavy atom. The van der Waals surface area contributed by atoms with Gasteiger partial charge in [-0.25, -0.2) is 0 Å². The highest BCUT2D eigenvalue weighted by Crippen LogP contribution is 2.14. The molecule has 0 unspecified atom stereocenters. The molecule has 0 amide bonds. The molecule has 96 valence electrons. The molecule has 16 heavy (non-hydrogen) atoms. The second kappa shape index (κ2) is 7.54. The molecule has 1 saturated heterocycles. The molecule has 4 heteroatoms. The summed E-state index contributed by atoms with van der Waals surface area (Å²) in [6, 6.07) is 1.09. The lowest BCUT2D eigenvalue weighted by Gasteiger charge is -2.36. The molecular formula is C12H27N3S. The number of hydrogen-bond donors (Lipinski definition) is 1. The summed E-state index contributed by atoms with van der Waals surface area (Å²) in [4.78, 5) is 4.88. The molecular weight excluding hydrogens is 218 g/mol. The van der Waals surface area contributed by atoms with E-state index in [1.54, 1.807) is 0 Å². The first-order valence-corrected chi connectivity index (χ1v) is 7.66. The standard InChI is InChI=1S/C12H27N3S/c1-14-7-4-12(5-8-14)15(2)10-11(13)6-9-16-3/h11-12H,4-10,13H2,1-3H3/t11-/m1/s1. The van der Waals surface area contributed by atoms with Crippen LogP contribution in [0.25, 0.3) is 0 Å². The van der Waals surface area contributed by atoms with E-state index in [0.717, 1.165) is 19.0 Å². The van der Waals surface area contributed by atoms with E-state index in [1.165, 1.54) is 31.7 Å². The van der Waals surface area contributed by atoms with Gasteiger partial charge in [0.05, 0.1) is 0 Å². The van der Waals surface area contributed by atoms with Gasteiger partial charge >= 0.3 is 0 Å². The van der Waals surface area contributed by atoms with Crippen LogP contribution in [0.2, 0.25) is 0 Å². The average molecular weight is 245 g/mol. The zero-order valence-corrected chi connectivity index (χ0v) is 11.8. The quantitative estimate of drug-likeness (QED) is 0.759. The van der Waals surface area contributed by atoms with E-state index < -0.39 is 0 Å². The first kappa shape index (κ1) is 14.3. The summed E-state index contributed by atoms with van der Waals surface area (Å²) < 4.78 is 0. The van der Waals surface area contributed by atoms with Crippen LogP contribution in [0.4, 0.5) is 0 Å². The second-order valence-electron chi connectivity index (χ2n) is 5.02. The number of nitrogens with zero attached hydrogens (tertiary/aromatic N) is 2. The van der Waals surface area contributed by atoms with Gasteiger partial charge in [-0.05, 0) is 58.5 Å². The van der Waals surface area contributed by atoms with Crippen molar-refractivity contribution in [1.29, 1.82) is 0 Å². The maximum atomic E-state index is 6.13. The first-order chi connectivity index (χ1) is 7.63. The van der Waals surface area contributed by atoms with E-state index in [4.69, 9.17) is 5.73 Å². The van der Waals surface area contributed by atoms with Gasteiger partial charge in [0.2, 0.25) is 0 Å². The number of thioether (sulfide) groups is 1. The molecule has 1 heterocycles. The Balaban J connectivity index is 2.20. The fourth-order valence-electron chi connectivity index (χ4n) is 2.32. The SMILES string of the molecule is CSCC[C@@H](N)CN(C)C1CCN(C)CC1. The summed E-state index contributed by atoms with van der Waals surface area (Å²) in [5, 5.41) is 0. The molecule has 2 N–H and O–H groups in total. The Kier molecular flexibility index (Phi) is 6.73. The van der Waals surface area contributed by atoms with Gasteiger partial charge in [-0.2, -0.15) is 11.8 Å². The number of likely N-dealkylation sites (N-methyl/N-ethyl adjacent to an activating group) is 1. The van der Waals surface area contributed by atoms with Crippen molar-refractivity contribution in [2.45, 2.75) is 31.3 Å². The third kappa shape index (κ3) is 5.04. The van der Waals surface area contributed by atoms with Crippen molar-refractivity contribution in [3.8, 4) is 0 Å². The molecule has 0 aromatic heterocycles. The summed E-state index contributed by atoms with van der Waals surface area (Å²) in [6.45, 7) is 3.51. The first-order valence-electron chi connectivity index (χ1n) is 6.26. The van der Waals surface area contributed by atoms with Gasteiger partial charge in [0, 0.05) is 18.6 Å². The molecule has 0 aromatic rings. The summed E-state index contributed by atoms with van der Waals surface area (Å²) in [7, 11) is 4.44. The average Bonchev–Trinajstić information content (AvgIpc) is 2.27. The van der Waals surface area contributed by atoms with Crippen molar-refractivity contribution in [3.63, 3.8) is 0 Å². The minimum atomic E-state index is 0.345. The van der Waals surface area contributed by atoms with E-state index in [0.29, 0.717) is 6.04 Å². The molecule has 0 aliphatic carbocycles. The summed E-state index contributed by atoms with van der Waals surface area (Å²) in [5.74, 6) is 1.18. The van der Waals surface area contributed by atoms with Gasteiger partial charge in [0.1, 0.15) is 0 Å². The van der Waals surface area contributed by atoms with Crippen LogP contribution in [0.1, 0.15) is 19.3 Å². The monoisotopic (exact) mass is 245 g/mol. The van der Waals surface area contributed by atoms with Crippen LogP contribution in [0.5, 0.6) is 0 Å². The van der Waals surface area contributed by atoms with Crippen molar-refractivity contribution in [1.82, 2.24) is 9.80 Å². The molecule has 3 nitrogen and oxygen atoms in total. The van der Waals surface area contributed by atoms with E-state index in [9.17, 15) is 0 Å². The smallest absolute Gasteiger partial charge is 0.0175 e. The maximum absolute atomic E-state index is 6.13. The van der Waals surface area contributed by atoms with Gasteiger partial charge in [-0.3, -0.25) is 0 Å². The fourth-order valence-corrected chi connectivity index (χ4v) is 2.85. The van der Waals surface area contributed by atoms with E-state index >= 15 is 0 Å². The van der Waals surface area contributed by atoms with Crippen LogP contribution in [0.3, 0.4) is 0 Å².